The molecule has 2 N–H and O–H groups in total. The summed E-state index contributed by atoms with van der Waals surface area (Å²) in [4.78, 5) is 29.6. The average Bonchev–Trinajstić information content (AvgIpc) is 2.73. The Morgan fingerprint density at radius 3 is 2.52 bits per heavy atom. The third kappa shape index (κ3) is 5.10. The Bertz CT molecular complexity index is 897. The first-order valence-corrected chi connectivity index (χ1v) is 9.89. The van der Waals surface area contributed by atoms with Gasteiger partial charge in [0.1, 0.15) is 17.4 Å². The molecule has 1 fully saturated rings. The highest BCUT2D eigenvalue weighted by molar-refractivity contribution is 6.30. The molecule has 154 valence electrons. The summed E-state index contributed by atoms with van der Waals surface area (Å²) in [5.74, 6) is -1.45. The summed E-state index contributed by atoms with van der Waals surface area (Å²) < 4.78 is 4.46. The van der Waals surface area contributed by atoms with Crippen LogP contribution in [0, 0.1) is 0 Å². The molecule has 0 bridgehead atoms. The van der Waals surface area contributed by atoms with Crippen LogP contribution in [-0.2, 0) is 9.53 Å². The van der Waals surface area contributed by atoms with Crippen LogP contribution in [0.3, 0.4) is 0 Å². The van der Waals surface area contributed by atoms with Crippen molar-refractivity contribution in [3.05, 3.63) is 51.8 Å². The molecule has 7 nitrogen and oxygen atoms in total. The number of halogens is 2. The number of carbonyl (C=O) groups is 2. The van der Waals surface area contributed by atoms with E-state index in [2.05, 4.69) is 19.9 Å². The van der Waals surface area contributed by atoms with Crippen molar-refractivity contribution in [3.63, 3.8) is 0 Å². The number of aromatic hydroxyl groups is 1. The zero-order valence-electron chi connectivity index (χ0n) is 15.8. The fourth-order valence-corrected chi connectivity index (χ4v) is 3.78. The summed E-state index contributed by atoms with van der Waals surface area (Å²) in [6.07, 6.45) is 1.66. The Hall–Kier alpha value is -2.51. The third-order valence-corrected chi connectivity index (χ3v) is 5.50. The molecule has 2 aromatic rings. The van der Waals surface area contributed by atoms with Crippen LogP contribution in [0.5, 0.6) is 5.75 Å². The van der Waals surface area contributed by atoms with E-state index in [1.165, 1.54) is 13.2 Å². The first-order chi connectivity index (χ1) is 13.9. The van der Waals surface area contributed by atoms with Gasteiger partial charge in [-0.1, -0.05) is 23.2 Å². The summed E-state index contributed by atoms with van der Waals surface area (Å²) in [5, 5.41) is 13.5. The Kier molecular flexibility index (Phi) is 6.82. The van der Waals surface area contributed by atoms with Crippen molar-refractivity contribution in [3.8, 4) is 5.75 Å². The molecule has 9 heteroatoms. The lowest BCUT2D eigenvalue weighted by atomic mass is 9.90. The van der Waals surface area contributed by atoms with Crippen molar-refractivity contribution in [1.82, 2.24) is 10.3 Å². The lowest BCUT2D eigenvalue weighted by Crippen LogP contribution is -2.33. The van der Waals surface area contributed by atoms with Gasteiger partial charge in [0, 0.05) is 23.8 Å². The number of hydrogen-bond acceptors (Lipinski definition) is 6. The molecule has 0 radical (unpaired) electrons. The van der Waals surface area contributed by atoms with Gasteiger partial charge in [0.05, 0.1) is 7.11 Å². The van der Waals surface area contributed by atoms with E-state index in [-0.39, 0.29) is 29.1 Å². The Balaban J connectivity index is 1.67. The normalized spacial score (nSPS) is 14.5. The molecule has 1 saturated heterocycles. The highest BCUT2D eigenvalue weighted by Crippen LogP contribution is 2.36. The van der Waals surface area contributed by atoms with Crippen LogP contribution in [0.15, 0.2) is 30.3 Å². The molecule has 1 aliphatic rings. The van der Waals surface area contributed by atoms with Crippen molar-refractivity contribution in [2.45, 2.75) is 18.8 Å². The van der Waals surface area contributed by atoms with Gasteiger partial charge >= 0.3 is 5.97 Å². The van der Waals surface area contributed by atoms with E-state index in [1.54, 1.807) is 0 Å². The minimum absolute atomic E-state index is 0.122. The topological polar surface area (TPSA) is 91.8 Å². The molecule has 3 rings (SSSR count). The molecule has 1 amide bonds. The zero-order valence-corrected chi connectivity index (χ0v) is 17.3. The van der Waals surface area contributed by atoms with Gasteiger partial charge in [0.25, 0.3) is 5.91 Å². The fourth-order valence-electron chi connectivity index (χ4n) is 3.36. The van der Waals surface area contributed by atoms with Gasteiger partial charge in [0.15, 0.2) is 5.69 Å². The maximum Gasteiger partial charge on any atom is 0.325 e. The summed E-state index contributed by atoms with van der Waals surface area (Å²) in [6, 6.07) is 9.21. The van der Waals surface area contributed by atoms with E-state index in [1.807, 2.05) is 24.3 Å². The van der Waals surface area contributed by atoms with Gasteiger partial charge in [-0.25, -0.2) is 4.98 Å². The van der Waals surface area contributed by atoms with Crippen LogP contribution in [0.2, 0.25) is 10.2 Å². The summed E-state index contributed by atoms with van der Waals surface area (Å²) >= 11 is 12.3. The maximum absolute atomic E-state index is 12.1. The van der Waals surface area contributed by atoms with E-state index in [9.17, 15) is 14.7 Å². The van der Waals surface area contributed by atoms with Crippen molar-refractivity contribution in [2.24, 2.45) is 0 Å². The van der Waals surface area contributed by atoms with E-state index in [0.29, 0.717) is 10.6 Å². The molecule has 0 aliphatic carbocycles. The largest absolute Gasteiger partial charge is 0.505 e. The molecule has 2 heterocycles. The van der Waals surface area contributed by atoms with Gasteiger partial charge in [-0.3, -0.25) is 9.59 Å². The van der Waals surface area contributed by atoms with Crippen LogP contribution in [-0.4, -0.2) is 48.7 Å². The van der Waals surface area contributed by atoms with Crippen LogP contribution < -0.4 is 10.2 Å². The van der Waals surface area contributed by atoms with Gasteiger partial charge in [-0.05, 0) is 54.7 Å². The first kappa shape index (κ1) is 21.2. The van der Waals surface area contributed by atoms with Crippen LogP contribution in [0.25, 0.3) is 0 Å². The molecular weight excluding hydrogens is 417 g/mol. The third-order valence-electron chi connectivity index (χ3n) is 4.95. The van der Waals surface area contributed by atoms with Gasteiger partial charge in [-0.15, -0.1) is 0 Å². The number of amides is 1. The monoisotopic (exact) mass is 437 g/mol. The second-order valence-corrected chi connectivity index (χ2v) is 7.53. The second-order valence-electron chi connectivity index (χ2n) is 6.73. The average molecular weight is 438 g/mol. The lowest BCUT2D eigenvalue weighted by molar-refractivity contribution is -0.139. The van der Waals surface area contributed by atoms with E-state index in [4.69, 9.17) is 23.2 Å². The molecule has 0 unspecified atom stereocenters. The van der Waals surface area contributed by atoms with Gasteiger partial charge < -0.3 is 20.1 Å². The number of ether oxygens (including phenoxy) is 1. The number of aromatic nitrogens is 1. The number of methoxy groups -OCH3 is 1. The van der Waals surface area contributed by atoms with Gasteiger partial charge in [-0.2, -0.15) is 0 Å². The Morgan fingerprint density at radius 1 is 1.24 bits per heavy atom. The minimum atomic E-state index is -0.695. The lowest BCUT2D eigenvalue weighted by Gasteiger charge is -2.34. The number of piperidine rings is 1. The van der Waals surface area contributed by atoms with Crippen molar-refractivity contribution < 1.29 is 19.4 Å². The Morgan fingerprint density at radius 2 is 1.90 bits per heavy atom. The maximum atomic E-state index is 12.1. The van der Waals surface area contributed by atoms with E-state index >= 15 is 0 Å². The number of pyridine rings is 1. The number of nitrogens with one attached hydrogen (secondary N) is 1. The van der Waals surface area contributed by atoms with Crippen LogP contribution in [0.1, 0.15) is 34.8 Å². The Labute approximate surface area is 178 Å². The summed E-state index contributed by atoms with van der Waals surface area (Å²) in [7, 11) is 1.22. The number of benzene rings is 1. The number of hydrogen-bond donors (Lipinski definition) is 2. The molecule has 0 spiro atoms. The first-order valence-electron chi connectivity index (χ1n) is 9.14. The zero-order chi connectivity index (χ0) is 21.0. The molecule has 1 aromatic carbocycles. The van der Waals surface area contributed by atoms with Crippen molar-refractivity contribution >= 4 is 40.8 Å². The fraction of sp³-hybridized carbons (Fsp3) is 0.350. The molecular formula is C20H21Cl2N3O4. The number of anilines is 1. The summed E-state index contributed by atoms with van der Waals surface area (Å²) in [5.41, 5.74) is 1.60. The van der Waals surface area contributed by atoms with Crippen molar-refractivity contribution in [2.75, 3.05) is 31.6 Å². The molecule has 1 aliphatic heterocycles. The minimum Gasteiger partial charge on any atom is -0.505 e. The number of nitrogens with zero attached hydrogens (tertiary/aromatic N) is 2. The molecule has 0 atom stereocenters. The smallest absolute Gasteiger partial charge is 0.325 e. The predicted octanol–water partition coefficient (Wildman–Crippen LogP) is 3.38. The molecule has 0 saturated carbocycles. The van der Waals surface area contributed by atoms with Gasteiger partial charge in [0.2, 0.25) is 0 Å². The SMILES string of the molecule is COC(=O)CNC(=O)c1nc(Cl)c(C2CCN(c3ccc(Cl)cc3)CC2)cc1O. The van der Waals surface area contributed by atoms with E-state index in [0.717, 1.165) is 31.6 Å². The molecule has 1 aromatic heterocycles. The highest BCUT2D eigenvalue weighted by Gasteiger charge is 2.26. The molecule has 29 heavy (non-hydrogen) atoms. The number of esters is 1. The standard InChI is InChI=1S/C20H21Cl2N3O4/c1-29-17(27)11-23-20(28)18-16(26)10-15(19(22)24-18)12-6-8-25(9-7-12)14-4-2-13(21)3-5-14/h2-5,10,12,26H,6-9,11H2,1H3,(H,23,28). The quantitative estimate of drug-likeness (QED) is 0.550. The van der Waals surface area contributed by atoms with Crippen LogP contribution in [0.4, 0.5) is 5.69 Å². The number of carbonyl (C=O) groups excluding carboxylic acids is 2. The number of rotatable bonds is 5. The van der Waals surface area contributed by atoms with Crippen molar-refractivity contribution in [1.29, 1.82) is 0 Å². The second kappa shape index (κ2) is 9.33. The van der Waals surface area contributed by atoms with Crippen LogP contribution >= 0.6 is 23.2 Å². The van der Waals surface area contributed by atoms with E-state index < -0.39 is 11.9 Å². The summed E-state index contributed by atoms with van der Waals surface area (Å²) in [6.45, 7) is 1.33. The highest BCUT2D eigenvalue weighted by atomic mass is 35.5. The predicted molar refractivity (Wildman–Crippen MR) is 111 cm³/mol.